The van der Waals surface area contributed by atoms with Gasteiger partial charge in [-0.1, -0.05) is 12.1 Å². The predicted molar refractivity (Wildman–Crippen MR) is 137 cm³/mol. The number of hydrogen-bond donors (Lipinski definition) is 2. The summed E-state index contributed by atoms with van der Waals surface area (Å²) in [6, 6.07) is 21.8. The van der Waals surface area contributed by atoms with Gasteiger partial charge in [0.2, 0.25) is 0 Å². The van der Waals surface area contributed by atoms with Gasteiger partial charge in [-0.25, -0.2) is 4.79 Å². The van der Waals surface area contributed by atoms with E-state index in [0.29, 0.717) is 16.6 Å². The molecule has 0 spiro atoms. The number of rotatable bonds is 6. The first-order valence-corrected chi connectivity index (χ1v) is 11.5. The van der Waals surface area contributed by atoms with E-state index >= 15 is 0 Å². The molecule has 1 fully saturated rings. The quantitative estimate of drug-likeness (QED) is 0.345. The summed E-state index contributed by atoms with van der Waals surface area (Å²) in [5, 5.41) is 13.3. The van der Waals surface area contributed by atoms with Crippen molar-refractivity contribution in [3.05, 3.63) is 102 Å². The van der Waals surface area contributed by atoms with Crippen LogP contribution in [0.1, 0.15) is 39.5 Å². The van der Waals surface area contributed by atoms with Crippen LogP contribution < -0.4 is 15.0 Å². The molecule has 7 nitrogen and oxygen atoms in total. The van der Waals surface area contributed by atoms with Gasteiger partial charge in [-0.3, -0.25) is 4.98 Å². The number of benzene rings is 2. The maximum atomic E-state index is 11.3. The number of pyridine rings is 1. The van der Waals surface area contributed by atoms with Gasteiger partial charge in [0.15, 0.2) is 5.11 Å². The molecule has 0 unspecified atom stereocenters. The number of methoxy groups -OCH3 is 1. The summed E-state index contributed by atoms with van der Waals surface area (Å²) in [5.74, 6) is 1.16. The summed E-state index contributed by atoms with van der Waals surface area (Å²) in [7, 11) is 1.63. The number of nitrogens with zero attached hydrogens (tertiary/aromatic N) is 2. The molecule has 35 heavy (non-hydrogen) atoms. The summed E-state index contributed by atoms with van der Waals surface area (Å²) in [4.78, 5) is 17.9. The Bertz CT molecular complexity index is 1390. The Balaban J connectivity index is 1.57. The zero-order valence-electron chi connectivity index (χ0n) is 19.1. The molecule has 2 aromatic heterocycles. The smallest absolute Gasteiger partial charge is 0.335 e. The fraction of sp³-hybridized carbons (Fsp3) is 0.148. The highest BCUT2D eigenvalue weighted by Gasteiger charge is 2.42. The normalized spacial score (nSPS) is 17.3. The zero-order chi connectivity index (χ0) is 24.5. The zero-order valence-corrected chi connectivity index (χ0v) is 20.0. The maximum absolute atomic E-state index is 11.3. The summed E-state index contributed by atoms with van der Waals surface area (Å²) in [6.07, 6.45) is 1.76. The summed E-state index contributed by atoms with van der Waals surface area (Å²) < 4.78 is 11.7. The molecule has 5 rings (SSSR count). The molecular formula is C27H23N3O4S. The number of thiocarbonyl (C=S) groups is 1. The van der Waals surface area contributed by atoms with Crippen LogP contribution in [-0.4, -0.2) is 28.3 Å². The molecule has 0 aliphatic carbocycles. The van der Waals surface area contributed by atoms with Crippen molar-refractivity contribution >= 4 is 29.0 Å². The number of furan rings is 1. The van der Waals surface area contributed by atoms with Crippen molar-refractivity contribution in [1.82, 2.24) is 10.3 Å². The number of carbonyl (C=O) groups is 1. The van der Waals surface area contributed by atoms with Gasteiger partial charge in [0.1, 0.15) is 23.3 Å². The molecule has 0 radical (unpaired) electrons. The molecule has 8 heteroatoms. The number of anilines is 1. The third-order valence-corrected chi connectivity index (χ3v) is 6.42. The van der Waals surface area contributed by atoms with E-state index < -0.39 is 5.97 Å². The Morgan fingerprint density at radius 2 is 1.91 bits per heavy atom. The second-order valence-corrected chi connectivity index (χ2v) is 8.62. The molecule has 4 aromatic rings. The van der Waals surface area contributed by atoms with Gasteiger partial charge in [-0.2, -0.15) is 0 Å². The molecule has 3 heterocycles. The van der Waals surface area contributed by atoms with Crippen LogP contribution in [0.3, 0.4) is 0 Å². The number of carboxylic acids is 1. The Hall–Kier alpha value is -4.17. The SMILES string of the molecule is COc1ccc(N2C(=S)N[C@@H](c3ccccn3)[C@@H]2c2ccc(-c3ccc(C(=O)O)cc3C)o2)cc1. The number of hydrogen-bond acceptors (Lipinski definition) is 5. The molecule has 0 saturated carbocycles. The van der Waals surface area contributed by atoms with Crippen molar-refractivity contribution in [2.75, 3.05) is 12.0 Å². The first-order chi connectivity index (χ1) is 17.0. The molecule has 2 aromatic carbocycles. The highest BCUT2D eigenvalue weighted by molar-refractivity contribution is 7.80. The standard InChI is InChI=1S/C27H23N3O4S/c1-16-15-17(26(31)32)6-11-20(16)22-12-13-23(34-22)25-24(21-5-3-4-14-28-21)29-27(35)30(25)18-7-9-19(33-2)10-8-18/h3-15,24-25H,1-2H3,(H,29,35)(H,31,32)/t24-,25-/m0/s1. The lowest BCUT2D eigenvalue weighted by Gasteiger charge is -2.26. The molecular weight excluding hydrogens is 462 g/mol. The van der Waals surface area contributed by atoms with Crippen LogP contribution in [0.15, 0.2) is 83.4 Å². The number of ether oxygens (including phenoxy) is 1. The van der Waals surface area contributed by atoms with Gasteiger partial charge in [-0.05, 0) is 85.4 Å². The minimum absolute atomic E-state index is 0.236. The van der Waals surface area contributed by atoms with E-state index in [0.717, 1.165) is 28.3 Å². The lowest BCUT2D eigenvalue weighted by molar-refractivity contribution is 0.0696. The average Bonchev–Trinajstić information content (AvgIpc) is 3.49. The second-order valence-electron chi connectivity index (χ2n) is 8.23. The van der Waals surface area contributed by atoms with Gasteiger partial charge in [0, 0.05) is 17.4 Å². The molecule has 2 atom stereocenters. The van der Waals surface area contributed by atoms with E-state index in [4.69, 9.17) is 21.4 Å². The van der Waals surface area contributed by atoms with Crippen molar-refractivity contribution in [2.24, 2.45) is 0 Å². The summed E-state index contributed by atoms with van der Waals surface area (Å²) in [6.45, 7) is 1.87. The van der Waals surface area contributed by atoms with Gasteiger partial charge in [-0.15, -0.1) is 0 Å². The van der Waals surface area contributed by atoms with Gasteiger partial charge in [0.05, 0.1) is 24.4 Å². The Morgan fingerprint density at radius 3 is 2.57 bits per heavy atom. The molecule has 0 bridgehead atoms. The third-order valence-electron chi connectivity index (χ3n) is 6.11. The van der Waals surface area contributed by atoms with Gasteiger partial charge >= 0.3 is 5.97 Å². The first kappa shape index (κ1) is 22.6. The highest BCUT2D eigenvalue weighted by Crippen LogP contribution is 2.43. The first-order valence-electron chi connectivity index (χ1n) is 11.0. The van der Waals surface area contributed by atoms with E-state index in [1.165, 1.54) is 0 Å². The van der Waals surface area contributed by atoms with Crippen LogP contribution in [0.25, 0.3) is 11.3 Å². The van der Waals surface area contributed by atoms with Crippen molar-refractivity contribution in [2.45, 2.75) is 19.0 Å². The lowest BCUT2D eigenvalue weighted by Crippen LogP contribution is -2.29. The van der Waals surface area contributed by atoms with Gasteiger partial charge in [0.25, 0.3) is 0 Å². The average molecular weight is 486 g/mol. The molecule has 0 amide bonds. The van der Waals surface area contributed by atoms with Crippen molar-refractivity contribution in [3.8, 4) is 17.1 Å². The van der Waals surface area contributed by atoms with Crippen LogP contribution in [0.4, 0.5) is 5.69 Å². The van der Waals surface area contributed by atoms with E-state index in [1.54, 1.807) is 31.5 Å². The van der Waals surface area contributed by atoms with E-state index in [9.17, 15) is 9.90 Å². The fourth-order valence-electron chi connectivity index (χ4n) is 4.39. The van der Waals surface area contributed by atoms with Crippen molar-refractivity contribution < 1.29 is 19.1 Å². The second kappa shape index (κ2) is 9.23. The Morgan fingerprint density at radius 1 is 1.11 bits per heavy atom. The van der Waals surface area contributed by atoms with E-state index in [1.807, 2.05) is 66.4 Å². The number of carboxylic acid groups (broad SMARTS) is 1. The van der Waals surface area contributed by atoms with E-state index in [2.05, 4.69) is 10.3 Å². The van der Waals surface area contributed by atoms with Crippen LogP contribution >= 0.6 is 12.2 Å². The summed E-state index contributed by atoms with van der Waals surface area (Å²) >= 11 is 5.76. The molecule has 1 aliphatic heterocycles. The largest absolute Gasteiger partial charge is 0.497 e. The predicted octanol–water partition coefficient (Wildman–Crippen LogP) is 5.53. The number of aromatic carboxylic acids is 1. The molecule has 2 N–H and O–H groups in total. The Labute approximate surface area is 208 Å². The van der Waals surface area contributed by atoms with Crippen LogP contribution in [0.5, 0.6) is 5.75 Å². The van der Waals surface area contributed by atoms with Crippen LogP contribution in [-0.2, 0) is 0 Å². The van der Waals surface area contributed by atoms with Gasteiger partial charge < -0.3 is 24.5 Å². The molecule has 1 saturated heterocycles. The topological polar surface area (TPSA) is 87.8 Å². The number of aryl methyl sites for hydroxylation is 1. The van der Waals surface area contributed by atoms with E-state index in [-0.39, 0.29) is 17.6 Å². The summed E-state index contributed by atoms with van der Waals surface area (Å²) in [5.41, 5.74) is 3.63. The minimum Gasteiger partial charge on any atom is -0.497 e. The monoisotopic (exact) mass is 485 g/mol. The number of aromatic nitrogens is 1. The maximum Gasteiger partial charge on any atom is 0.335 e. The molecule has 176 valence electrons. The van der Waals surface area contributed by atoms with Crippen LogP contribution in [0.2, 0.25) is 0 Å². The fourth-order valence-corrected chi connectivity index (χ4v) is 4.74. The van der Waals surface area contributed by atoms with Crippen LogP contribution in [0, 0.1) is 6.92 Å². The molecule has 1 aliphatic rings. The van der Waals surface area contributed by atoms with Crippen molar-refractivity contribution in [1.29, 1.82) is 0 Å². The minimum atomic E-state index is -0.960. The number of nitrogens with one attached hydrogen (secondary N) is 1. The van der Waals surface area contributed by atoms with Crippen molar-refractivity contribution in [3.63, 3.8) is 0 Å². The highest BCUT2D eigenvalue weighted by atomic mass is 32.1. The lowest BCUT2D eigenvalue weighted by atomic mass is 10.0. The third kappa shape index (κ3) is 4.24. The Kier molecular flexibility index (Phi) is 5.96.